The van der Waals surface area contributed by atoms with Gasteiger partial charge < -0.3 is 15.0 Å². The van der Waals surface area contributed by atoms with Crippen molar-refractivity contribution in [3.8, 4) is 0 Å². The number of rotatable bonds is 6. The van der Waals surface area contributed by atoms with Crippen molar-refractivity contribution in [1.82, 2.24) is 10.2 Å². The number of nitrogens with zero attached hydrogens (tertiary/aromatic N) is 1. The molecule has 0 amide bonds. The van der Waals surface area contributed by atoms with E-state index >= 15 is 0 Å². The van der Waals surface area contributed by atoms with Crippen molar-refractivity contribution in [3.63, 3.8) is 0 Å². The van der Waals surface area contributed by atoms with Gasteiger partial charge in [-0.25, -0.2) is 0 Å². The maximum absolute atomic E-state index is 5.50. The third kappa shape index (κ3) is 4.94. The zero-order valence-corrected chi connectivity index (χ0v) is 14.6. The molecular formula is C18H36N2O. The van der Waals surface area contributed by atoms with Crippen molar-refractivity contribution in [2.75, 3.05) is 33.4 Å². The number of hydrogen-bond donors (Lipinski definition) is 1. The van der Waals surface area contributed by atoms with Crippen molar-refractivity contribution in [3.05, 3.63) is 0 Å². The van der Waals surface area contributed by atoms with Gasteiger partial charge in [0.25, 0.3) is 0 Å². The van der Waals surface area contributed by atoms with Gasteiger partial charge in [-0.05, 0) is 63.5 Å². The Morgan fingerprint density at radius 1 is 1.14 bits per heavy atom. The molecule has 3 nitrogen and oxygen atoms in total. The highest BCUT2D eigenvalue weighted by Crippen LogP contribution is 2.33. The lowest BCUT2D eigenvalue weighted by Gasteiger charge is -2.44. The summed E-state index contributed by atoms with van der Waals surface area (Å²) in [6, 6.07) is 1.41. The molecule has 0 spiro atoms. The van der Waals surface area contributed by atoms with Crippen molar-refractivity contribution >= 4 is 0 Å². The van der Waals surface area contributed by atoms with Crippen LogP contribution in [0.4, 0.5) is 0 Å². The lowest BCUT2D eigenvalue weighted by atomic mass is 9.76. The molecule has 3 unspecified atom stereocenters. The highest BCUT2D eigenvalue weighted by Gasteiger charge is 2.34. The number of nitrogens with one attached hydrogen (secondary N) is 1. The van der Waals surface area contributed by atoms with E-state index in [-0.39, 0.29) is 0 Å². The van der Waals surface area contributed by atoms with Gasteiger partial charge in [-0.1, -0.05) is 20.8 Å². The molecule has 1 saturated carbocycles. The molecule has 0 aromatic heterocycles. The molecule has 21 heavy (non-hydrogen) atoms. The molecule has 0 radical (unpaired) electrons. The molecule has 1 aliphatic heterocycles. The Hall–Kier alpha value is -0.120. The predicted molar refractivity (Wildman–Crippen MR) is 89.6 cm³/mol. The van der Waals surface area contributed by atoms with Gasteiger partial charge >= 0.3 is 0 Å². The van der Waals surface area contributed by atoms with Gasteiger partial charge in [-0.15, -0.1) is 0 Å². The Morgan fingerprint density at radius 3 is 2.48 bits per heavy atom. The number of likely N-dealkylation sites (N-methyl/N-ethyl adjacent to an activating group) is 2. The van der Waals surface area contributed by atoms with Crippen LogP contribution in [-0.2, 0) is 4.74 Å². The first-order chi connectivity index (χ1) is 10.1. The normalized spacial score (nSPS) is 32.0. The van der Waals surface area contributed by atoms with Crippen molar-refractivity contribution in [2.45, 2.75) is 65.0 Å². The van der Waals surface area contributed by atoms with E-state index in [9.17, 15) is 0 Å². The van der Waals surface area contributed by atoms with E-state index in [2.05, 4.69) is 38.0 Å². The standard InChI is InChI=1S/C18H36N2O/c1-5-19-17-7-6-16(14(2)3)12-18(17)20(4)13-15-8-10-21-11-9-15/h14-19H,5-13H2,1-4H3. The summed E-state index contributed by atoms with van der Waals surface area (Å²) in [6.07, 6.45) is 6.61. The smallest absolute Gasteiger partial charge is 0.0469 e. The molecule has 1 heterocycles. The average Bonchev–Trinajstić information content (AvgIpc) is 2.48. The fourth-order valence-corrected chi connectivity index (χ4v) is 4.24. The zero-order chi connectivity index (χ0) is 15.2. The third-order valence-electron chi connectivity index (χ3n) is 5.72. The minimum Gasteiger partial charge on any atom is -0.381 e. The third-order valence-corrected chi connectivity index (χ3v) is 5.72. The second kappa shape index (κ2) is 8.50. The second-order valence-corrected chi connectivity index (χ2v) is 7.54. The van der Waals surface area contributed by atoms with E-state index in [4.69, 9.17) is 4.74 Å². The Labute approximate surface area is 131 Å². The first kappa shape index (κ1) is 17.2. The molecule has 2 fully saturated rings. The molecule has 124 valence electrons. The summed E-state index contributed by atoms with van der Waals surface area (Å²) in [4.78, 5) is 2.66. The fraction of sp³-hybridized carbons (Fsp3) is 1.00. The van der Waals surface area contributed by atoms with Crippen molar-refractivity contribution < 1.29 is 4.74 Å². The lowest BCUT2D eigenvalue weighted by molar-refractivity contribution is 0.0363. The molecule has 1 aliphatic carbocycles. The first-order valence-corrected chi connectivity index (χ1v) is 9.13. The molecule has 2 rings (SSSR count). The summed E-state index contributed by atoms with van der Waals surface area (Å²) in [6.45, 7) is 11.3. The number of hydrogen-bond acceptors (Lipinski definition) is 3. The second-order valence-electron chi connectivity index (χ2n) is 7.54. The summed E-state index contributed by atoms with van der Waals surface area (Å²) in [5, 5.41) is 3.75. The van der Waals surface area contributed by atoms with Gasteiger partial charge in [-0.3, -0.25) is 0 Å². The van der Waals surface area contributed by atoms with Crippen LogP contribution in [0.3, 0.4) is 0 Å². The van der Waals surface area contributed by atoms with Gasteiger partial charge in [0.2, 0.25) is 0 Å². The van der Waals surface area contributed by atoms with E-state index in [1.165, 1.54) is 38.6 Å². The minimum absolute atomic E-state index is 0.690. The lowest BCUT2D eigenvalue weighted by Crippen LogP contribution is -2.53. The maximum Gasteiger partial charge on any atom is 0.0469 e. The SMILES string of the molecule is CCNC1CCC(C(C)C)CC1N(C)CC1CCOCC1. The fourth-order valence-electron chi connectivity index (χ4n) is 4.24. The highest BCUT2D eigenvalue weighted by molar-refractivity contribution is 4.91. The molecule has 2 aliphatic rings. The Morgan fingerprint density at radius 2 is 1.86 bits per heavy atom. The monoisotopic (exact) mass is 296 g/mol. The molecule has 3 atom stereocenters. The molecule has 1 saturated heterocycles. The van der Waals surface area contributed by atoms with Gasteiger partial charge in [0.15, 0.2) is 0 Å². The van der Waals surface area contributed by atoms with Crippen LogP contribution in [-0.4, -0.2) is 50.3 Å². The summed E-state index contributed by atoms with van der Waals surface area (Å²) in [7, 11) is 2.35. The van der Waals surface area contributed by atoms with Crippen LogP contribution < -0.4 is 5.32 Å². The van der Waals surface area contributed by atoms with E-state index in [0.29, 0.717) is 12.1 Å². The summed E-state index contributed by atoms with van der Waals surface area (Å²) >= 11 is 0. The van der Waals surface area contributed by atoms with E-state index in [1.807, 2.05) is 0 Å². The van der Waals surface area contributed by atoms with Crippen LogP contribution in [0.1, 0.15) is 52.9 Å². The summed E-state index contributed by atoms with van der Waals surface area (Å²) < 4.78 is 5.50. The molecule has 3 heteroatoms. The molecule has 1 N–H and O–H groups in total. The van der Waals surface area contributed by atoms with E-state index in [0.717, 1.165) is 37.5 Å². The van der Waals surface area contributed by atoms with E-state index in [1.54, 1.807) is 0 Å². The Bertz CT molecular complexity index is 289. The van der Waals surface area contributed by atoms with Crippen LogP contribution >= 0.6 is 0 Å². The minimum atomic E-state index is 0.690. The van der Waals surface area contributed by atoms with Crippen LogP contribution in [0, 0.1) is 17.8 Å². The van der Waals surface area contributed by atoms with Gasteiger partial charge in [0.05, 0.1) is 0 Å². The Kier molecular flexibility index (Phi) is 6.97. The summed E-state index contributed by atoms with van der Waals surface area (Å²) in [5.41, 5.74) is 0. The average molecular weight is 296 g/mol. The molecule has 0 bridgehead atoms. The first-order valence-electron chi connectivity index (χ1n) is 9.13. The van der Waals surface area contributed by atoms with Gasteiger partial charge in [0.1, 0.15) is 0 Å². The highest BCUT2D eigenvalue weighted by atomic mass is 16.5. The van der Waals surface area contributed by atoms with Crippen molar-refractivity contribution in [1.29, 1.82) is 0 Å². The molecular weight excluding hydrogens is 260 g/mol. The summed E-state index contributed by atoms with van der Waals surface area (Å²) in [5.74, 6) is 2.57. The molecule has 0 aromatic carbocycles. The van der Waals surface area contributed by atoms with E-state index < -0.39 is 0 Å². The zero-order valence-electron chi connectivity index (χ0n) is 14.6. The van der Waals surface area contributed by atoms with Gasteiger partial charge in [-0.2, -0.15) is 0 Å². The van der Waals surface area contributed by atoms with Gasteiger partial charge in [0, 0.05) is 31.8 Å². The van der Waals surface area contributed by atoms with Crippen molar-refractivity contribution in [2.24, 2.45) is 17.8 Å². The maximum atomic E-state index is 5.50. The Balaban J connectivity index is 1.93. The van der Waals surface area contributed by atoms with Crippen LogP contribution in [0.5, 0.6) is 0 Å². The van der Waals surface area contributed by atoms with Crippen LogP contribution in [0.2, 0.25) is 0 Å². The number of ether oxygens (including phenoxy) is 1. The predicted octanol–water partition coefficient (Wildman–Crippen LogP) is 3.15. The topological polar surface area (TPSA) is 24.5 Å². The quantitative estimate of drug-likeness (QED) is 0.815. The largest absolute Gasteiger partial charge is 0.381 e. The molecule has 0 aromatic rings. The van der Waals surface area contributed by atoms with Crippen LogP contribution in [0.15, 0.2) is 0 Å². The van der Waals surface area contributed by atoms with Crippen LogP contribution in [0.25, 0.3) is 0 Å².